The molecule has 1 aliphatic heterocycles. The quantitative estimate of drug-likeness (QED) is 0.830. The van der Waals surface area contributed by atoms with E-state index in [1.54, 1.807) is 19.1 Å². The van der Waals surface area contributed by atoms with Gasteiger partial charge in [0.1, 0.15) is 11.5 Å². The summed E-state index contributed by atoms with van der Waals surface area (Å²) in [6.07, 6.45) is 0. The molecule has 2 heterocycles. The Morgan fingerprint density at radius 2 is 1.81 bits per heavy atom. The highest BCUT2D eigenvalue weighted by atomic mass is 16.7. The summed E-state index contributed by atoms with van der Waals surface area (Å²) < 4.78 is 16.0. The lowest BCUT2D eigenvalue weighted by Gasteiger charge is -2.09. The lowest BCUT2D eigenvalue weighted by molar-refractivity contribution is 0.102. The molecule has 1 aromatic heterocycles. The van der Waals surface area contributed by atoms with E-state index in [1.165, 1.54) is 0 Å². The van der Waals surface area contributed by atoms with Crippen LogP contribution in [0.25, 0.3) is 0 Å². The molecule has 1 amide bonds. The zero-order chi connectivity index (χ0) is 15.1. The van der Waals surface area contributed by atoms with E-state index < -0.39 is 0 Å². The van der Waals surface area contributed by atoms with Crippen LogP contribution in [0.15, 0.2) is 16.5 Å². The number of nitrogen functional groups attached to an aromatic ring is 1. The number of anilines is 2. The Balaban J connectivity index is 1.92. The average Bonchev–Trinajstić information content (AvgIpc) is 2.95. The van der Waals surface area contributed by atoms with Crippen LogP contribution in [0, 0.1) is 20.8 Å². The van der Waals surface area contributed by atoms with Crippen LogP contribution in [0.3, 0.4) is 0 Å². The van der Waals surface area contributed by atoms with Gasteiger partial charge in [-0.15, -0.1) is 0 Å². The topological polar surface area (TPSA) is 86.7 Å². The molecule has 0 saturated heterocycles. The molecule has 1 aromatic carbocycles. The van der Waals surface area contributed by atoms with Crippen LogP contribution in [0.4, 0.5) is 11.4 Å². The molecule has 0 bridgehead atoms. The van der Waals surface area contributed by atoms with E-state index in [1.807, 2.05) is 13.8 Å². The number of furan rings is 1. The fourth-order valence-corrected chi connectivity index (χ4v) is 2.38. The first-order valence-electron chi connectivity index (χ1n) is 6.54. The molecule has 0 saturated carbocycles. The fourth-order valence-electron chi connectivity index (χ4n) is 2.38. The number of hydrogen-bond acceptors (Lipinski definition) is 5. The second-order valence-electron chi connectivity index (χ2n) is 4.96. The molecular weight excluding hydrogens is 272 g/mol. The van der Waals surface area contributed by atoms with Crippen LogP contribution in [0.2, 0.25) is 0 Å². The number of ether oxygens (including phenoxy) is 2. The smallest absolute Gasteiger partial charge is 0.259 e. The average molecular weight is 288 g/mol. The molecule has 0 fully saturated rings. The molecule has 21 heavy (non-hydrogen) atoms. The summed E-state index contributed by atoms with van der Waals surface area (Å²) in [5.74, 6) is 2.21. The van der Waals surface area contributed by atoms with Crippen molar-refractivity contribution in [1.29, 1.82) is 0 Å². The lowest BCUT2D eigenvalue weighted by Crippen LogP contribution is -2.14. The predicted octanol–water partition coefficient (Wildman–Crippen LogP) is 2.77. The number of hydrogen-bond donors (Lipinski definition) is 2. The monoisotopic (exact) mass is 288 g/mol. The molecule has 2 aromatic rings. The highest BCUT2D eigenvalue weighted by Crippen LogP contribution is 2.38. The van der Waals surface area contributed by atoms with Crippen LogP contribution in [0.5, 0.6) is 11.5 Å². The van der Waals surface area contributed by atoms with Crippen LogP contribution < -0.4 is 20.5 Å². The predicted molar refractivity (Wildman–Crippen MR) is 77.8 cm³/mol. The number of amides is 1. The highest BCUT2D eigenvalue weighted by molar-refractivity contribution is 6.07. The normalized spacial score (nSPS) is 12.5. The van der Waals surface area contributed by atoms with Crippen molar-refractivity contribution >= 4 is 17.3 Å². The van der Waals surface area contributed by atoms with Crippen molar-refractivity contribution in [2.24, 2.45) is 0 Å². The van der Waals surface area contributed by atoms with Gasteiger partial charge in [0.05, 0.1) is 16.9 Å². The molecule has 6 heteroatoms. The molecule has 110 valence electrons. The number of aryl methyl sites for hydroxylation is 2. The van der Waals surface area contributed by atoms with Gasteiger partial charge in [0.2, 0.25) is 6.79 Å². The summed E-state index contributed by atoms with van der Waals surface area (Å²) in [5, 5.41) is 2.79. The Morgan fingerprint density at radius 3 is 2.43 bits per heavy atom. The molecule has 1 aliphatic rings. The van der Waals surface area contributed by atoms with Gasteiger partial charge >= 0.3 is 0 Å². The van der Waals surface area contributed by atoms with Crippen molar-refractivity contribution in [3.63, 3.8) is 0 Å². The SMILES string of the molecule is Cc1oc(C)c(C(=O)Nc2cc3c(cc2N)OCO3)c1C. The van der Waals surface area contributed by atoms with Gasteiger partial charge in [-0.2, -0.15) is 0 Å². The highest BCUT2D eigenvalue weighted by Gasteiger charge is 2.21. The third kappa shape index (κ3) is 2.18. The van der Waals surface area contributed by atoms with Crippen molar-refractivity contribution in [2.45, 2.75) is 20.8 Å². The van der Waals surface area contributed by atoms with Crippen molar-refractivity contribution in [3.8, 4) is 11.5 Å². The summed E-state index contributed by atoms with van der Waals surface area (Å²) in [5.41, 5.74) is 8.19. The molecule has 3 rings (SSSR count). The van der Waals surface area contributed by atoms with E-state index >= 15 is 0 Å². The molecule has 0 aliphatic carbocycles. The summed E-state index contributed by atoms with van der Waals surface area (Å²) in [6.45, 7) is 5.60. The first-order valence-corrected chi connectivity index (χ1v) is 6.54. The maximum Gasteiger partial charge on any atom is 0.259 e. The summed E-state index contributed by atoms with van der Waals surface area (Å²) in [7, 11) is 0. The lowest BCUT2D eigenvalue weighted by atomic mass is 10.1. The van der Waals surface area contributed by atoms with Gasteiger partial charge in [0.15, 0.2) is 11.5 Å². The van der Waals surface area contributed by atoms with Crippen LogP contribution >= 0.6 is 0 Å². The second-order valence-corrected chi connectivity index (χ2v) is 4.96. The summed E-state index contributed by atoms with van der Waals surface area (Å²) in [6, 6.07) is 3.30. The van der Waals surface area contributed by atoms with Crippen molar-refractivity contribution in [2.75, 3.05) is 17.8 Å². The van der Waals surface area contributed by atoms with Gasteiger partial charge in [0.25, 0.3) is 5.91 Å². The number of fused-ring (bicyclic) bond motifs is 1. The van der Waals surface area contributed by atoms with E-state index in [0.29, 0.717) is 34.2 Å². The number of carbonyl (C=O) groups is 1. The maximum atomic E-state index is 12.4. The number of carbonyl (C=O) groups excluding carboxylic acids is 1. The van der Waals surface area contributed by atoms with Gasteiger partial charge in [0, 0.05) is 17.7 Å². The van der Waals surface area contributed by atoms with Crippen LogP contribution in [0.1, 0.15) is 27.4 Å². The van der Waals surface area contributed by atoms with Crippen molar-refractivity contribution < 1.29 is 18.7 Å². The standard InChI is InChI=1S/C15H16N2O4/c1-7-8(2)21-9(3)14(7)15(18)17-11-5-13-12(4-10(11)16)19-6-20-13/h4-5H,6,16H2,1-3H3,(H,17,18). The largest absolute Gasteiger partial charge is 0.466 e. The molecule has 3 N–H and O–H groups in total. The Morgan fingerprint density at radius 1 is 1.14 bits per heavy atom. The third-order valence-corrected chi connectivity index (χ3v) is 3.58. The minimum absolute atomic E-state index is 0.158. The fraction of sp³-hybridized carbons (Fsp3) is 0.267. The number of nitrogens with one attached hydrogen (secondary N) is 1. The molecular formula is C15H16N2O4. The van der Waals surface area contributed by atoms with E-state index in [-0.39, 0.29) is 12.7 Å². The Labute approximate surface area is 121 Å². The first-order chi connectivity index (χ1) is 9.97. The molecule has 0 radical (unpaired) electrons. The van der Waals surface area contributed by atoms with E-state index in [0.717, 1.165) is 11.3 Å². The van der Waals surface area contributed by atoms with Crippen LogP contribution in [-0.2, 0) is 0 Å². The van der Waals surface area contributed by atoms with Gasteiger partial charge in [-0.1, -0.05) is 0 Å². The summed E-state index contributed by atoms with van der Waals surface area (Å²) in [4.78, 5) is 12.4. The minimum atomic E-state index is -0.257. The maximum absolute atomic E-state index is 12.4. The Kier molecular flexibility index (Phi) is 3.01. The Bertz CT molecular complexity index is 734. The summed E-state index contributed by atoms with van der Waals surface area (Å²) >= 11 is 0. The number of benzene rings is 1. The number of rotatable bonds is 2. The van der Waals surface area contributed by atoms with Crippen molar-refractivity contribution in [1.82, 2.24) is 0 Å². The van der Waals surface area contributed by atoms with E-state index in [9.17, 15) is 4.79 Å². The molecule has 0 atom stereocenters. The molecule has 6 nitrogen and oxygen atoms in total. The second kappa shape index (κ2) is 4.73. The molecule has 0 unspecified atom stereocenters. The van der Waals surface area contributed by atoms with Gasteiger partial charge < -0.3 is 24.9 Å². The minimum Gasteiger partial charge on any atom is -0.466 e. The van der Waals surface area contributed by atoms with E-state index in [2.05, 4.69) is 5.32 Å². The van der Waals surface area contributed by atoms with Crippen molar-refractivity contribution in [3.05, 3.63) is 34.8 Å². The van der Waals surface area contributed by atoms with Gasteiger partial charge in [-0.25, -0.2) is 0 Å². The van der Waals surface area contributed by atoms with Crippen LogP contribution in [-0.4, -0.2) is 12.7 Å². The zero-order valence-corrected chi connectivity index (χ0v) is 12.1. The Hall–Kier alpha value is -2.63. The zero-order valence-electron chi connectivity index (χ0n) is 12.1. The number of nitrogens with two attached hydrogens (primary N) is 1. The first kappa shape index (κ1) is 13.4. The van der Waals surface area contributed by atoms with Gasteiger partial charge in [-0.05, 0) is 20.8 Å². The third-order valence-electron chi connectivity index (χ3n) is 3.58. The van der Waals surface area contributed by atoms with E-state index in [4.69, 9.17) is 19.6 Å². The molecule has 0 spiro atoms. The van der Waals surface area contributed by atoms with Gasteiger partial charge in [-0.3, -0.25) is 4.79 Å².